The van der Waals surface area contributed by atoms with E-state index in [1.807, 2.05) is 30.3 Å². The van der Waals surface area contributed by atoms with E-state index >= 15 is 0 Å². The first-order valence-electron chi connectivity index (χ1n) is 5.29. The fourth-order valence-electron chi connectivity index (χ4n) is 1.59. The van der Waals surface area contributed by atoms with E-state index in [0.717, 1.165) is 11.1 Å². The van der Waals surface area contributed by atoms with E-state index in [9.17, 15) is 0 Å². The Morgan fingerprint density at radius 3 is 2.35 bits per heavy atom. The molecule has 0 radical (unpaired) electrons. The minimum absolute atomic E-state index is 0.236. The number of methoxy groups -OCH3 is 1. The molecule has 0 fully saturated rings. The normalized spacial score (nSPS) is 12.4. The van der Waals surface area contributed by atoms with Crippen LogP contribution < -0.4 is 0 Å². The average Bonchev–Trinajstić information content (AvgIpc) is 2.42. The zero-order chi connectivity index (χ0) is 12.1. The number of hydrogen-bond donors (Lipinski definition) is 0. The monoisotopic (exact) mass is 248 g/mol. The standard InChI is InChI=1S/C13H13ClN2O/c1-17-12(11-5-3-2-4-6-11)13-15-8-10(7-14)9-16-13/h2-6,8-9,12H,7H2,1H3. The molecule has 0 bridgehead atoms. The van der Waals surface area contributed by atoms with Crippen molar-refractivity contribution in [2.24, 2.45) is 0 Å². The highest BCUT2D eigenvalue weighted by Crippen LogP contribution is 2.21. The van der Waals surface area contributed by atoms with Crippen LogP contribution in [-0.2, 0) is 10.6 Å². The third-order valence-corrected chi connectivity index (χ3v) is 2.76. The Balaban J connectivity index is 2.29. The molecule has 17 heavy (non-hydrogen) atoms. The van der Waals surface area contributed by atoms with Gasteiger partial charge < -0.3 is 4.74 Å². The second kappa shape index (κ2) is 5.75. The minimum atomic E-state index is -0.236. The van der Waals surface area contributed by atoms with Crippen LogP contribution in [0, 0.1) is 0 Å². The van der Waals surface area contributed by atoms with Gasteiger partial charge in [0.05, 0.1) is 5.88 Å². The van der Waals surface area contributed by atoms with E-state index in [1.54, 1.807) is 19.5 Å². The number of hydrogen-bond acceptors (Lipinski definition) is 3. The molecule has 1 atom stereocenters. The lowest BCUT2D eigenvalue weighted by molar-refractivity contribution is 0.129. The molecule has 2 rings (SSSR count). The molecule has 0 saturated carbocycles. The first kappa shape index (κ1) is 12.0. The topological polar surface area (TPSA) is 35.0 Å². The number of alkyl halides is 1. The van der Waals surface area contributed by atoms with Crippen molar-refractivity contribution < 1.29 is 4.74 Å². The molecule has 0 spiro atoms. The van der Waals surface area contributed by atoms with Gasteiger partial charge in [0.1, 0.15) is 6.10 Å². The Hall–Kier alpha value is -1.45. The molecule has 0 amide bonds. The number of benzene rings is 1. The molecule has 1 aromatic carbocycles. The Kier molecular flexibility index (Phi) is 4.07. The fraction of sp³-hybridized carbons (Fsp3) is 0.231. The highest BCUT2D eigenvalue weighted by molar-refractivity contribution is 6.17. The lowest BCUT2D eigenvalue weighted by Gasteiger charge is -2.14. The molecule has 3 nitrogen and oxygen atoms in total. The Labute approximate surface area is 105 Å². The molecule has 0 N–H and O–H groups in total. The number of aromatic nitrogens is 2. The van der Waals surface area contributed by atoms with E-state index in [4.69, 9.17) is 16.3 Å². The molecule has 1 heterocycles. The van der Waals surface area contributed by atoms with Crippen molar-refractivity contribution in [3.8, 4) is 0 Å². The van der Waals surface area contributed by atoms with Gasteiger partial charge >= 0.3 is 0 Å². The highest BCUT2D eigenvalue weighted by Gasteiger charge is 2.15. The Bertz CT molecular complexity index is 459. The summed E-state index contributed by atoms with van der Waals surface area (Å²) in [5.74, 6) is 1.07. The van der Waals surface area contributed by atoms with Crippen molar-refractivity contribution in [1.29, 1.82) is 0 Å². The van der Waals surface area contributed by atoms with Gasteiger partial charge in [0, 0.05) is 25.1 Å². The van der Waals surface area contributed by atoms with Crippen molar-refractivity contribution in [2.45, 2.75) is 12.0 Å². The van der Waals surface area contributed by atoms with Crippen LogP contribution in [0.5, 0.6) is 0 Å². The van der Waals surface area contributed by atoms with Gasteiger partial charge in [-0.25, -0.2) is 9.97 Å². The van der Waals surface area contributed by atoms with E-state index < -0.39 is 0 Å². The summed E-state index contributed by atoms with van der Waals surface area (Å²) in [6.07, 6.45) is 3.22. The third-order valence-electron chi connectivity index (χ3n) is 2.45. The molecule has 88 valence electrons. The first-order chi connectivity index (χ1) is 8.35. The molecule has 0 aliphatic rings. The molecular formula is C13H13ClN2O. The van der Waals surface area contributed by atoms with Gasteiger partial charge in [-0.05, 0) is 5.56 Å². The maximum Gasteiger partial charge on any atom is 0.161 e. The van der Waals surface area contributed by atoms with Crippen molar-refractivity contribution in [3.63, 3.8) is 0 Å². The zero-order valence-corrected chi connectivity index (χ0v) is 10.3. The number of ether oxygens (including phenoxy) is 1. The van der Waals surface area contributed by atoms with Gasteiger partial charge in [0.2, 0.25) is 0 Å². The molecule has 4 heteroatoms. The molecule has 1 aromatic heterocycles. The Morgan fingerprint density at radius 2 is 1.82 bits per heavy atom. The summed E-state index contributed by atoms with van der Waals surface area (Å²) in [4.78, 5) is 8.55. The maximum atomic E-state index is 5.70. The maximum absolute atomic E-state index is 5.70. The summed E-state index contributed by atoms with van der Waals surface area (Å²) >= 11 is 5.70. The highest BCUT2D eigenvalue weighted by atomic mass is 35.5. The second-order valence-corrected chi connectivity index (χ2v) is 3.88. The fourth-order valence-corrected chi connectivity index (χ4v) is 1.73. The largest absolute Gasteiger partial charge is 0.369 e. The molecule has 1 unspecified atom stereocenters. The zero-order valence-electron chi connectivity index (χ0n) is 9.51. The van der Waals surface area contributed by atoms with Crippen LogP contribution in [0.1, 0.15) is 23.1 Å². The summed E-state index contributed by atoms with van der Waals surface area (Å²) < 4.78 is 5.44. The molecular weight excluding hydrogens is 236 g/mol. The SMILES string of the molecule is COC(c1ccccc1)c1ncc(CCl)cn1. The summed E-state index contributed by atoms with van der Waals surface area (Å²) in [5.41, 5.74) is 1.94. The van der Waals surface area contributed by atoms with Crippen molar-refractivity contribution in [1.82, 2.24) is 9.97 Å². The van der Waals surface area contributed by atoms with Crippen LogP contribution >= 0.6 is 11.6 Å². The van der Waals surface area contributed by atoms with Crippen molar-refractivity contribution in [3.05, 3.63) is 59.7 Å². The summed E-state index contributed by atoms with van der Waals surface area (Å²) in [6.45, 7) is 0. The van der Waals surface area contributed by atoms with Gasteiger partial charge in [-0.3, -0.25) is 0 Å². The second-order valence-electron chi connectivity index (χ2n) is 3.61. The van der Waals surface area contributed by atoms with Crippen molar-refractivity contribution in [2.75, 3.05) is 7.11 Å². The van der Waals surface area contributed by atoms with Gasteiger partial charge in [-0.15, -0.1) is 11.6 Å². The third kappa shape index (κ3) is 2.81. The molecule has 0 aliphatic carbocycles. The van der Waals surface area contributed by atoms with Crippen LogP contribution in [0.25, 0.3) is 0 Å². The van der Waals surface area contributed by atoms with Crippen molar-refractivity contribution >= 4 is 11.6 Å². The lowest BCUT2D eigenvalue weighted by atomic mass is 10.1. The molecule has 0 aliphatic heterocycles. The predicted molar refractivity (Wildman–Crippen MR) is 66.9 cm³/mol. The van der Waals surface area contributed by atoms with Crippen LogP contribution in [-0.4, -0.2) is 17.1 Å². The molecule has 0 saturated heterocycles. The predicted octanol–water partition coefficient (Wildman–Crippen LogP) is 2.95. The summed E-state index contributed by atoms with van der Waals surface area (Å²) in [6, 6.07) is 9.89. The first-order valence-corrected chi connectivity index (χ1v) is 5.83. The van der Waals surface area contributed by atoms with E-state index in [0.29, 0.717) is 11.7 Å². The quantitative estimate of drug-likeness (QED) is 0.781. The van der Waals surface area contributed by atoms with E-state index in [2.05, 4.69) is 9.97 Å². The van der Waals surface area contributed by atoms with Gasteiger partial charge in [0.25, 0.3) is 0 Å². The molecule has 2 aromatic rings. The van der Waals surface area contributed by atoms with Crippen LogP contribution in [0.3, 0.4) is 0 Å². The summed E-state index contributed by atoms with van der Waals surface area (Å²) in [5, 5.41) is 0. The number of rotatable bonds is 4. The van der Waals surface area contributed by atoms with Gasteiger partial charge in [-0.2, -0.15) is 0 Å². The number of nitrogens with zero attached hydrogens (tertiary/aromatic N) is 2. The summed E-state index contributed by atoms with van der Waals surface area (Å²) in [7, 11) is 1.65. The minimum Gasteiger partial charge on any atom is -0.369 e. The van der Waals surface area contributed by atoms with Gasteiger partial charge in [-0.1, -0.05) is 30.3 Å². The van der Waals surface area contributed by atoms with Crippen LogP contribution in [0.2, 0.25) is 0 Å². The smallest absolute Gasteiger partial charge is 0.161 e. The Morgan fingerprint density at radius 1 is 1.18 bits per heavy atom. The average molecular weight is 249 g/mol. The van der Waals surface area contributed by atoms with Gasteiger partial charge in [0.15, 0.2) is 5.82 Å². The van der Waals surface area contributed by atoms with Crippen LogP contribution in [0.4, 0.5) is 0 Å². The van der Waals surface area contributed by atoms with Crippen LogP contribution in [0.15, 0.2) is 42.7 Å². The lowest BCUT2D eigenvalue weighted by Crippen LogP contribution is -2.08. The number of halogens is 1. The van der Waals surface area contributed by atoms with E-state index in [1.165, 1.54) is 0 Å². The van der Waals surface area contributed by atoms with E-state index in [-0.39, 0.29) is 6.10 Å².